The van der Waals surface area contributed by atoms with Crippen LogP contribution < -0.4 is 9.47 Å². The molecule has 0 atom stereocenters. The average Bonchev–Trinajstić information content (AvgIpc) is 3.48. The molecule has 2 aliphatic rings. The smallest absolute Gasteiger partial charge is 0.194 e. The SMILES string of the molecule is C=NC(/C(C=NC)=C/C)=C1/C=CC=C/C1=N/C=C\C=C(/C=C/C)n1c2cc3ccccc3cc2c2ccc3c(c21)Oc1ccccc1O3.CC. The predicted molar refractivity (Wildman–Crippen MR) is 214 cm³/mol. The monoisotopic (exact) mass is 656 g/mol. The summed E-state index contributed by atoms with van der Waals surface area (Å²) >= 11 is 0. The minimum Gasteiger partial charge on any atom is -0.449 e. The van der Waals surface area contributed by atoms with Crippen molar-refractivity contribution in [2.75, 3.05) is 7.05 Å². The molecular formula is C44H40N4O2. The van der Waals surface area contributed by atoms with Gasteiger partial charge >= 0.3 is 0 Å². The first kappa shape index (κ1) is 33.6. The molecule has 0 saturated heterocycles. The van der Waals surface area contributed by atoms with E-state index in [0.717, 1.165) is 55.4 Å². The summed E-state index contributed by atoms with van der Waals surface area (Å²) in [5.41, 5.74) is 6.20. The van der Waals surface area contributed by atoms with Crippen LogP contribution in [0.2, 0.25) is 0 Å². The molecule has 0 saturated carbocycles. The molecule has 248 valence electrons. The van der Waals surface area contributed by atoms with E-state index in [0.29, 0.717) is 23.0 Å². The average molecular weight is 657 g/mol. The van der Waals surface area contributed by atoms with E-state index in [1.165, 1.54) is 5.39 Å². The number of para-hydroxylation sites is 2. The van der Waals surface area contributed by atoms with Gasteiger partial charge in [-0.1, -0.05) is 80.6 Å². The Morgan fingerprint density at radius 1 is 0.820 bits per heavy atom. The van der Waals surface area contributed by atoms with Crippen molar-refractivity contribution in [3.8, 4) is 23.0 Å². The van der Waals surface area contributed by atoms with Crippen LogP contribution in [-0.2, 0) is 0 Å². The highest BCUT2D eigenvalue weighted by molar-refractivity contribution is 6.17. The standard InChI is InChI=1S/C42H34N4O2.C2H6/c1-5-14-31(17-13-24-45-35-19-10-9-18-33(35)40(44-4)28(6-2)27-43-3)46-36-26-30-16-8-7-15-29(30)25-34(36)32-22-23-39-42(41(32)46)48-38-21-12-11-20-37(38)47-39;1-2/h5-27H,4H2,1-3H3;1-2H3/b14-5+,24-13-,28-6+,31-17+,40-33-,43-27?,45-35-;. The molecule has 6 nitrogen and oxygen atoms in total. The zero-order valence-electron chi connectivity index (χ0n) is 29.1. The quantitative estimate of drug-likeness (QED) is 0.127. The van der Waals surface area contributed by atoms with Crippen LogP contribution in [0, 0.1) is 0 Å². The summed E-state index contributed by atoms with van der Waals surface area (Å²) in [5.74, 6) is 2.74. The number of benzene rings is 4. The third-order valence-electron chi connectivity index (χ3n) is 8.33. The van der Waals surface area contributed by atoms with E-state index in [-0.39, 0.29) is 0 Å². The van der Waals surface area contributed by atoms with Gasteiger partial charge in [0.15, 0.2) is 23.0 Å². The molecule has 6 heteroatoms. The first-order chi connectivity index (χ1) is 24.6. The number of aromatic nitrogens is 1. The van der Waals surface area contributed by atoms with Crippen LogP contribution in [0.4, 0.5) is 0 Å². The third kappa shape index (κ3) is 6.31. The van der Waals surface area contributed by atoms with E-state index in [2.05, 4.69) is 75.9 Å². The lowest BCUT2D eigenvalue weighted by molar-refractivity contribution is 0.362. The van der Waals surface area contributed by atoms with Crippen LogP contribution in [0.5, 0.6) is 23.0 Å². The van der Waals surface area contributed by atoms with Gasteiger partial charge in [-0.05, 0) is 92.0 Å². The first-order valence-electron chi connectivity index (χ1n) is 16.8. The zero-order chi connectivity index (χ0) is 35.0. The minimum absolute atomic E-state index is 0.674. The van der Waals surface area contributed by atoms with Gasteiger partial charge in [0.2, 0.25) is 0 Å². The van der Waals surface area contributed by atoms with E-state index in [4.69, 9.17) is 14.5 Å². The molecule has 0 N–H and O–H groups in total. The van der Waals surface area contributed by atoms with Gasteiger partial charge in [0.05, 0.1) is 16.9 Å². The number of ether oxygens (including phenoxy) is 2. The Balaban J connectivity index is 0.00000212. The Bertz CT molecular complexity index is 2390. The molecule has 0 bridgehead atoms. The fraction of sp³-hybridized carbons (Fsp3) is 0.114. The molecule has 1 aromatic heterocycles. The largest absolute Gasteiger partial charge is 0.449 e. The van der Waals surface area contributed by atoms with Crippen LogP contribution >= 0.6 is 0 Å². The number of nitrogens with zero attached hydrogens (tertiary/aromatic N) is 4. The molecule has 0 amide bonds. The molecule has 5 aromatic rings. The lowest BCUT2D eigenvalue weighted by Crippen LogP contribution is -2.05. The molecule has 1 aliphatic carbocycles. The van der Waals surface area contributed by atoms with E-state index in [1.54, 1.807) is 19.5 Å². The van der Waals surface area contributed by atoms with Gasteiger partial charge in [-0.3, -0.25) is 15.0 Å². The maximum absolute atomic E-state index is 6.60. The number of allylic oxidation sites excluding steroid dienone is 12. The molecule has 1 aliphatic heterocycles. The number of fused-ring (bicyclic) bond motifs is 7. The second kappa shape index (κ2) is 15.3. The maximum Gasteiger partial charge on any atom is 0.194 e. The Hall–Kier alpha value is -6.27. The molecule has 4 aromatic carbocycles. The van der Waals surface area contributed by atoms with Crippen molar-refractivity contribution in [3.63, 3.8) is 0 Å². The predicted octanol–water partition coefficient (Wildman–Crippen LogP) is 12.0. The number of aliphatic imine (C=N–C) groups is 3. The summed E-state index contributed by atoms with van der Waals surface area (Å²) in [4.78, 5) is 13.4. The van der Waals surface area contributed by atoms with Crippen molar-refractivity contribution < 1.29 is 9.47 Å². The fourth-order valence-corrected chi connectivity index (χ4v) is 6.21. The second-order valence-electron chi connectivity index (χ2n) is 11.2. The van der Waals surface area contributed by atoms with Crippen molar-refractivity contribution in [2.24, 2.45) is 15.0 Å². The number of hydrogen-bond acceptors (Lipinski definition) is 5. The summed E-state index contributed by atoms with van der Waals surface area (Å²) in [7, 11) is 1.74. The normalized spacial score (nSPS) is 16.2. The van der Waals surface area contributed by atoms with Crippen LogP contribution in [0.1, 0.15) is 27.7 Å². The van der Waals surface area contributed by atoms with Crippen molar-refractivity contribution in [3.05, 3.63) is 151 Å². The summed E-state index contributed by atoms with van der Waals surface area (Å²) in [6.45, 7) is 11.8. The van der Waals surface area contributed by atoms with Crippen LogP contribution in [0.15, 0.2) is 166 Å². The molecular weight excluding hydrogens is 617 g/mol. The Morgan fingerprint density at radius 3 is 2.26 bits per heavy atom. The van der Waals surface area contributed by atoms with Gasteiger partial charge in [-0.25, -0.2) is 0 Å². The summed E-state index contributed by atoms with van der Waals surface area (Å²) < 4.78 is 15.2. The van der Waals surface area contributed by atoms with Gasteiger partial charge in [0.1, 0.15) is 5.52 Å². The molecule has 50 heavy (non-hydrogen) atoms. The maximum atomic E-state index is 6.60. The number of rotatable bonds is 7. The topological polar surface area (TPSA) is 60.5 Å². The van der Waals surface area contributed by atoms with Gasteiger partial charge in [-0.15, -0.1) is 0 Å². The van der Waals surface area contributed by atoms with Crippen molar-refractivity contribution in [1.29, 1.82) is 0 Å². The van der Waals surface area contributed by atoms with E-state index >= 15 is 0 Å². The highest BCUT2D eigenvalue weighted by Gasteiger charge is 2.26. The van der Waals surface area contributed by atoms with Crippen molar-refractivity contribution in [1.82, 2.24) is 4.57 Å². The first-order valence-corrected chi connectivity index (χ1v) is 16.8. The van der Waals surface area contributed by atoms with Crippen molar-refractivity contribution >= 4 is 56.9 Å². The Morgan fingerprint density at radius 2 is 1.54 bits per heavy atom. The molecule has 0 radical (unpaired) electrons. The highest BCUT2D eigenvalue weighted by atomic mass is 16.6. The van der Waals surface area contributed by atoms with E-state index in [1.807, 2.05) is 101 Å². The van der Waals surface area contributed by atoms with Gasteiger partial charge in [0, 0.05) is 47.1 Å². The Labute approximate surface area is 293 Å². The molecule has 7 rings (SSSR count). The Kier molecular flexibility index (Phi) is 10.3. The molecule has 2 heterocycles. The van der Waals surface area contributed by atoms with Gasteiger partial charge in [-0.2, -0.15) is 0 Å². The fourth-order valence-electron chi connectivity index (χ4n) is 6.21. The highest BCUT2D eigenvalue weighted by Crippen LogP contribution is 2.51. The number of hydrogen-bond donors (Lipinski definition) is 0. The summed E-state index contributed by atoms with van der Waals surface area (Å²) in [6, 6.07) is 24.8. The second-order valence-corrected chi connectivity index (χ2v) is 11.2. The third-order valence-corrected chi connectivity index (χ3v) is 8.33. The lowest BCUT2D eigenvalue weighted by Gasteiger charge is -2.22. The van der Waals surface area contributed by atoms with Gasteiger partial charge in [0.25, 0.3) is 0 Å². The van der Waals surface area contributed by atoms with E-state index in [9.17, 15) is 0 Å². The summed E-state index contributed by atoms with van der Waals surface area (Å²) in [5, 5.41) is 4.53. The van der Waals surface area contributed by atoms with Gasteiger partial charge < -0.3 is 14.0 Å². The molecule has 0 unspecified atom stereocenters. The summed E-state index contributed by atoms with van der Waals surface area (Å²) in [6.07, 6.45) is 21.6. The van der Waals surface area contributed by atoms with Crippen molar-refractivity contribution in [2.45, 2.75) is 27.7 Å². The van der Waals surface area contributed by atoms with Crippen LogP contribution in [-0.4, -0.2) is 30.3 Å². The zero-order valence-corrected chi connectivity index (χ0v) is 29.1. The lowest BCUT2D eigenvalue weighted by atomic mass is 9.99. The molecule has 0 spiro atoms. The van der Waals surface area contributed by atoms with Crippen LogP contribution in [0.25, 0.3) is 38.3 Å². The molecule has 0 fully saturated rings. The van der Waals surface area contributed by atoms with E-state index < -0.39 is 0 Å². The van der Waals surface area contributed by atoms with Crippen LogP contribution in [0.3, 0.4) is 0 Å². The minimum atomic E-state index is 0.674.